The van der Waals surface area contributed by atoms with Crippen LogP contribution in [0.3, 0.4) is 0 Å². The number of nitro groups is 1. The number of aromatic nitrogens is 3. The van der Waals surface area contributed by atoms with E-state index in [1.54, 1.807) is 18.3 Å². The van der Waals surface area contributed by atoms with Crippen LogP contribution in [0.5, 0.6) is 5.75 Å². The number of rotatable bonds is 15. The number of nitrogen functional groups attached to an aromatic ring is 1. The lowest BCUT2D eigenvalue weighted by Gasteiger charge is -2.22. The lowest BCUT2D eigenvalue weighted by Crippen LogP contribution is -2.26. The molecule has 1 aliphatic rings. The summed E-state index contributed by atoms with van der Waals surface area (Å²) in [5.41, 5.74) is 7.03. The number of phosphoric acid groups is 3. The molecule has 3 heterocycles. The second kappa shape index (κ2) is 14.3. The Labute approximate surface area is 265 Å². The first kappa shape index (κ1) is 37.0. The molecule has 47 heavy (non-hydrogen) atoms. The molecule has 260 valence electrons. The number of nitrogens with two attached hydrogens (primary N) is 1. The largest absolute Gasteiger partial charge is 0.497 e. The third-order valence-electron chi connectivity index (χ3n) is 6.81. The van der Waals surface area contributed by atoms with Crippen LogP contribution in [0, 0.1) is 16.0 Å². The van der Waals surface area contributed by atoms with Gasteiger partial charge in [0.05, 0.1) is 54.5 Å². The Balaban J connectivity index is 1.54. The molecule has 7 N–H and O–H groups in total. The number of fused-ring (bicyclic) bond motifs is 1. The van der Waals surface area contributed by atoms with Crippen molar-refractivity contribution >= 4 is 46.0 Å². The highest BCUT2D eigenvalue weighted by molar-refractivity contribution is 7.66. The molecule has 0 amide bonds. The Morgan fingerprint density at radius 3 is 2.47 bits per heavy atom. The third-order valence-corrected chi connectivity index (χ3v) is 10.6. The molecule has 0 saturated carbocycles. The molecule has 1 aliphatic heterocycles. The molecule has 1 saturated heterocycles. The number of hydrogen-bond donors (Lipinski definition) is 6. The van der Waals surface area contributed by atoms with E-state index in [1.165, 1.54) is 24.1 Å². The molecule has 0 spiro atoms. The highest BCUT2D eigenvalue weighted by atomic mass is 31.3. The zero-order valence-electron chi connectivity index (χ0n) is 24.8. The number of phosphoric ester groups is 1. The molecule has 4 rings (SSSR count). The molecule has 1 fully saturated rings. The van der Waals surface area contributed by atoms with Crippen LogP contribution in [-0.4, -0.2) is 70.1 Å². The number of hydrogen-bond acceptors (Lipinski definition) is 15. The Hall–Kier alpha value is -2.87. The maximum atomic E-state index is 12.1. The lowest BCUT2D eigenvalue weighted by atomic mass is 9.97. The minimum Gasteiger partial charge on any atom is -0.497 e. The minimum atomic E-state index is -5.74. The first-order chi connectivity index (χ1) is 21.8. The average molecular weight is 727 g/mol. The van der Waals surface area contributed by atoms with E-state index >= 15 is 0 Å². The van der Waals surface area contributed by atoms with Crippen molar-refractivity contribution in [3.8, 4) is 5.75 Å². The van der Waals surface area contributed by atoms with E-state index in [9.17, 15) is 38.7 Å². The smallest absolute Gasteiger partial charge is 0.490 e. The zero-order valence-corrected chi connectivity index (χ0v) is 27.5. The van der Waals surface area contributed by atoms with Gasteiger partial charge >= 0.3 is 23.5 Å². The van der Waals surface area contributed by atoms with Gasteiger partial charge in [0.25, 0.3) is 5.69 Å². The molecule has 0 aliphatic carbocycles. The SMILES string of the molecule is COc1ccc([C@@H](OCc2cn([C@H]3CC(O)[C@@H](COP(=O)(O)OP(=O)(O)OP(=O)(O)O)O3)c3ncnc(N)c23)C(C)C)c([N+](=O)[O-])c1. The highest BCUT2D eigenvalue weighted by Gasteiger charge is 2.43. The van der Waals surface area contributed by atoms with Gasteiger partial charge in [0, 0.05) is 18.2 Å². The minimum absolute atomic E-state index is 0.0756. The summed E-state index contributed by atoms with van der Waals surface area (Å²) in [5.74, 6) is 0.161. The molecule has 24 heteroatoms. The number of aliphatic hydroxyl groups excluding tert-OH is 1. The first-order valence-corrected chi connectivity index (χ1v) is 18.0. The van der Waals surface area contributed by atoms with Gasteiger partial charge in [0.2, 0.25) is 0 Å². The van der Waals surface area contributed by atoms with E-state index in [-0.39, 0.29) is 36.1 Å². The van der Waals surface area contributed by atoms with Crippen molar-refractivity contribution in [3.63, 3.8) is 0 Å². The van der Waals surface area contributed by atoms with Crippen molar-refractivity contribution in [1.29, 1.82) is 0 Å². The fraction of sp³-hybridized carbons (Fsp3) is 0.478. The van der Waals surface area contributed by atoms with Crippen molar-refractivity contribution in [2.45, 2.75) is 51.4 Å². The Kier molecular flexibility index (Phi) is 11.3. The van der Waals surface area contributed by atoms with Crippen LogP contribution in [0.25, 0.3) is 11.0 Å². The van der Waals surface area contributed by atoms with Crippen LogP contribution in [-0.2, 0) is 42.9 Å². The highest BCUT2D eigenvalue weighted by Crippen LogP contribution is 2.66. The fourth-order valence-electron chi connectivity index (χ4n) is 4.89. The number of nitro benzene ring substituents is 1. The number of methoxy groups -OCH3 is 1. The van der Waals surface area contributed by atoms with Crippen LogP contribution in [0.15, 0.2) is 30.7 Å². The molecule has 0 radical (unpaired) electrons. The van der Waals surface area contributed by atoms with Gasteiger partial charge in [-0.2, -0.15) is 8.62 Å². The quantitative estimate of drug-likeness (QED) is 0.0744. The van der Waals surface area contributed by atoms with E-state index < -0.39 is 59.5 Å². The van der Waals surface area contributed by atoms with Crippen molar-refractivity contribution in [1.82, 2.24) is 14.5 Å². The van der Waals surface area contributed by atoms with Crippen LogP contribution < -0.4 is 10.5 Å². The van der Waals surface area contributed by atoms with Gasteiger partial charge in [0.1, 0.15) is 35.9 Å². The summed E-state index contributed by atoms with van der Waals surface area (Å²) in [6.07, 6.45) is -1.67. The van der Waals surface area contributed by atoms with E-state index in [0.29, 0.717) is 22.3 Å². The maximum absolute atomic E-state index is 12.1. The van der Waals surface area contributed by atoms with Gasteiger partial charge in [-0.3, -0.25) is 14.6 Å². The van der Waals surface area contributed by atoms with Gasteiger partial charge in [0.15, 0.2) is 0 Å². The van der Waals surface area contributed by atoms with E-state index in [2.05, 4.69) is 23.1 Å². The van der Waals surface area contributed by atoms with Gasteiger partial charge in [-0.05, 0) is 18.1 Å². The summed E-state index contributed by atoms with van der Waals surface area (Å²) in [4.78, 5) is 56.0. The second-order valence-corrected chi connectivity index (χ2v) is 14.9. The van der Waals surface area contributed by atoms with Crippen LogP contribution >= 0.6 is 23.5 Å². The maximum Gasteiger partial charge on any atom is 0.490 e. The molecular weight excluding hydrogens is 695 g/mol. The topological polar surface area (TPSA) is 308 Å². The van der Waals surface area contributed by atoms with Crippen molar-refractivity contribution in [2.75, 3.05) is 19.5 Å². The van der Waals surface area contributed by atoms with E-state index in [4.69, 9.17) is 29.7 Å². The van der Waals surface area contributed by atoms with Gasteiger partial charge in [-0.25, -0.2) is 23.7 Å². The van der Waals surface area contributed by atoms with Crippen LogP contribution in [0.2, 0.25) is 0 Å². The summed E-state index contributed by atoms with van der Waals surface area (Å²) >= 11 is 0. The molecule has 0 bridgehead atoms. The summed E-state index contributed by atoms with van der Waals surface area (Å²) < 4.78 is 65.2. The Morgan fingerprint density at radius 1 is 1.15 bits per heavy atom. The number of aliphatic hydroxyl groups is 1. The number of benzene rings is 1. The predicted octanol–water partition coefficient (Wildman–Crippen LogP) is 2.84. The number of ether oxygens (including phenoxy) is 3. The molecule has 21 nitrogen and oxygen atoms in total. The van der Waals surface area contributed by atoms with Gasteiger partial charge in [-0.15, -0.1) is 0 Å². The zero-order chi connectivity index (χ0) is 34.9. The normalized spacial score (nSPS) is 21.9. The van der Waals surface area contributed by atoms with Gasteiger partial charge in [-0.1, -0.05) is 13.8 Å². The van der Waals surface area contributed by atoms with Gasteiger partial charge < -0.3 is 49.2 Å². The van der Waals surface area contributed by atoms with Crippen LogP contribution in [0.4, 0.5) is 11.5 Å². The molecule has 3 unspecified atom stereocenters. The Bertz CT molecular complexity index is 1770. The number of nitrogens with zero attached hydrogens (tertiary/aromatic N) is 4. The summed E-state index contributed by atoms with van der Waals surface area (Å²) in [6, 6.07) is 4.44. The molecule has 1 aromatic carbocycles. The van der Waals surface area contributed by atoms with Crippen molar-refractivity contribution in [2.24, 2.45) is 5.92 Å². The first-order valence-electron chi connectivity index (χ1n) is 13.5. The Morgan fingerprint density at radius 2 is 1.85 bits per heavy atom. The molecule has 6 atom stereocenters. The summed E-state index contributed by atoms with van der Waals surface area (Å²) in [7, 11) is -15.4. The van der Waals surface area contributed by atoms with Crippen molar-refractivity contribution < 1.29 is 70.7 Å². The average Bonchev–Trinajstić information content (AvgIpc) is 3.50. The molecular formula is C23H32N5O16P3. The predicted molar refractivity (Wildman–Crippen MR) is 158 cm³/mol. The monoisotopic (exact) mass is 727 g/mol. The fourth-order valence-corrected chi connectivity index (χ4v) is 7.92. The standard InChI is InChI=1S/C23H32N5O16P3/c1-12(2)21(15-5-4-14(39-3)6-16(15)28(30)31)40-9-13-8-27(23-20(13)22(24)25-11-26-23)19-7-17(29)18(42-19)10-41-46(35,36)44-47(37,38)43-45(32,33)34/h4-6,8,11-12,17-19,21,29H,7,9-10H2,1-3H3,(H,35,36)(H,37,38)(H2,24,25,26)(H2,32,33,34)/t17?,18-,19-,21+/m1/s1. The third kappa shape index (κ3) is 9.18. The molecule has 3 aromatic rings. The second-order valence-electron chi connectivity index (χ2n) is 10.5. The summed E-state index contributed by atoms with van der Waals surface area (Å²) in [6.45, 7) is 2.67. The number of anilines is 1. The summed E-state index contributed by atoms with van der Waals surface area (Å²) in [5, 5.41) is 22.8. The molecule has 2 aromatic heterocycles. The van der Waals surface area contributed by atoms with E-state index in [1.807, 2.05) is 13.8 Å². The lowest BCUT2D eigenvalue weighted by molar-refractivity contribution is -0.386. The van der Waals surface area contributed by atoms with Crippen LogP contribution in [0.1, 0.15) is 43.7 Å². The van der Waals surface area contributed by atoms with E-state index in [0.717, 1.165) is 0 Å². The van der Waals surface area contributed by atoms with Crippen molar-refractivity contribution in [3.05, 3.63) is 52.0 Å².